The topological polar surface area (TPSA) is 81.3 Å². The zero-order chi connectivity index (χ0) is 11.4. The Labute approximate surface area is 93.5 Å². The summed E-state index contributed by atoms with van der Waals surface area (Å²) in [6.45, 7) is 2.02. The maximum Gasteiger partial charge on any atom is 0.258 e. The second kappa shape index (κ2) is 4.91. The number of rotatable bonds is 3. The van der Waals surface area contributed by atoms with Gasteiger partial charge in [-0.25, -0.2) is 10.9 Å². The molecule has 6 heteroatoms. The number of carbonyl (C=O) groups is 1. The molecular weight excluding hydrogens is 206 g/mol. The van der Waals surface area contributed by atoms with Crippen LogP contribution in [0.4, 0.5) is 0 Å². The number of nitrogens with one attached hydrogen (secondary N) is 4. The molecule has 2 atom stereocenters. The van der Waals surface area contributed by atoms with Gasteiger partial charge in [-0.1, -0.05) is 0 Å². The van der Waals surface area contributed by atoms with E-state index in [2.05, 4.69) is 26.4 Å². The van der Waals surface area contributed by atoms with E-state index in [-0.39, 0.29) is 11.9 Å². The van der Waals surface area contributed by atoms with E-state index in [9.17, 15) is 4.79 Å². The summed E-state index contributed by atoms with van der Waals surface area (Å²) < 4.78 is 0. The van der Waals surface area contributed by atoms with Crippen LogP contribution in [0.15, 0.2) is 23.4 Å². The fraction of sp³-hybridized carbons (Fsp3) is 0.400. The second-order valence-electron chi connectivity index (χ2n) is 3.84. The quantitative estimate of drug-likeness (QED) is 0.418. The lowest BCUT2D eigenvalue weighted by Crippen LogP contribution is -2.41. The standard InChI is InChI=1S/C10H15N5O/c1-7-5-9(14-13-7)10(16)15-12-6-8-3-2-4-11-8/h2-4,6-7,9,11,13-14H,5H2,1H3,(H,15,16)/b12-6+. The number of amides is 1. The van der Waals surface area contributed by atoms with Crippen LogP contribution < -0.4 is 16.3 Å². The number of H-pyrrole nitrogens is 1. The first-order valence-corrected chi connectivity index (χ1v) is 5.23. The zero-order valence-electron chi connectivity index (χ0n) is 9.03. The average molecular weight is 221 g/mol. The molecular formula is C10H15N5O. The molecule has 0 saturated carbocycles. The maximum absolute atomic E-state index is 11.6. The first-order chi connectivity index (χ1) is 7.75. The number of aromatic amines is 1. The number of aromatic nitrogens is 1. The summed E-state index contributed by atoms with van der Waals surface area (Å²) in [5.74, 6) is -0.125. The molecule has 0 spiro atoms. The van der Waals surface area contributed by atoms with E-state index < -0.39 is 0 Å². The number of hydrogen-bond donors (Lipinski definition) is 4. The Morgan fingerprint density at radius 3 is 3.12 bits per heavy atom. The molecule has 2 unspecified atom stereocenters. The van der Waals surface area contributed by atoms with Crippen molar-refractivity contribution in [3.63, 3.8) is 0 Å². The van der Waals surface area contributed by atoms with Gasteiger partial charge in [-0.3, -0.25) is 10.2 Å². The van der Waals surface area contributed by atoms with Crippen LogP contribution in [0.5, 0.6) is 0 Å². The Balaban J connectivity index is 1.80. The SMILES string of the molecule is CC1CC(C(=O)N/N=C/c2ccc[nH]2)NN1. The highest BCUT2D eigenvalue weighted by molar-refractivity contribution is 5.84. The highest BCUT2D eigenvalue weighted by Gasteiger charge is 2.26. The largest absolute Gasteiger partial charge is 0.360 e. The molecule has 1 fully saturated rings. The van der Waals surface area contributed by atoms with Gasteiger partial charge in [-0.05, 0) is 25.5 Å². The predicted octanol–water partition coefficient (Wildman–Crippen LogP) is -0.280. The number of hydrogen-bond acceptors (Lipinski definition) is 4. The van der Waals surface area contributed by atoms with Gasteiger partial charge in [0.25, 0.3) is 5.91 Å². The molecule has 16 heavy (non-hydrogen) atoms. The first-order valence-electron chi connectivity index (χ1n) is 5.23. The number of nitrogens with zero attached hydrogens (tertiary/aromatic N) is 1. The van der Waals surface area contributed by atoms with Crippen molar-refractivity contribution in [3.05, 3.63) is 24.0 Å². The van der Waals surface area contributed by atoms with Crippen molar-refractivity contribution in [3.8, 4) is 0 Å². The smallest absolute Gasteiger partial charge is 0.258 e. The number of hydrazone groups is 1. The van der Waals surface area contributed by atoms with E-state index >= 15 is 0 Å². The summed E-state index contributed by atoms with van der Waals surface area (Å²) in [6, 6.07) is 3.83. The van der Waals surface area contributed by atoms with Gasteiger partial charge in [0.1, 0.15) is 6.04 Å². The predicted molar refractivity (Wildman–Crippen MR) is 60.7 cm³/mol. The van der Waals surface area contributed by atoms with Crippen LogP contribution in [0.3, 0.4) is 0 Å². The summed E-state index contributed by atoms with van der Waals surface area (Å²) >= 11 is 0. The van der Waals surface area contributed by atoms with Crippen LogP contribution in [-0.4, -0.2) is 29.2 Å². The zero-order valence-corrected chi connectivity index (χ0v) is 9.03. The Hall–Kier alpha value is -1.66. The monoisotopic (exact) mass is 221 g/mol. The van der Waals surface area contributed by atoms with Gasteiger partial charge in [0.15, 0.2) is 0 Å². The summed E-state index contributed by atoms with van der Waals surface area (Å²) in [5, 5.41) is 3.86. The number of hydrazine groups is 1. The molecule has 0 radical (unpaired) electrons. The lowest BCUT2D eigenvalue weighted by atomic mass is 10.1. The summed E-state index contributed by atoms with van der Waals surface area (Å²) in [5.41, 5.74) is 9.24. The Morgan fingerprint density at radius 1 is 1.62 bits per heavy atom. The average Bonchev–Trinajstić information content (AvgIpc) is 2.89. The van der Waals surface area contributed by atoms with Gasteiger partial charge in [-0.2, -0.15) is 5.10 Å². The van der Waals surface area contributed by atoms with Crippen molar-refractivity contribution in [1.29, 1.82) is 0 Å². The van der Waals surface area contributed by atoms with E-state index in [1.54, 1.807) is 12.4 Å². The van der Waals surface area contributed by atoms with Crippen LogP contribution in [0.2, 0.25) is 0 Å². The number of carbonyl (C=O) groups excluding carboxylic acids is 1. The highest BCUT2D eigenvalue weighted by atomic mass is 16.2. The van der Waals surface area contributed by atoms with Gasteiger partial charge in [-0.15, -0.1) is 0 Å². The van der Waals surface area contributed by atoms with Crippen molar-refractivity contribution in [2.45, 2.75) is 25.4 Å². The van der Waals surface area contributed by atoms with Crippen LogP contribution in [0, 0.1) is 0 Å². The van der Waals surface area contributed by atoms with Crippen LogP contribution >= 0.6 is 0 Å². The second-order valence-corrected chi connectivity index (χ2v) is 3.84. The third-order valence-electron chi connectivity index (χ3n) is 2.41. The van der Waals surface area contributed by atoms with E-state index in [0.717, 1.165) is 12.1 Å². The van der Waals surface area contributed by atoms with Gasteiger partial charge >= 0.3 is 0 Å². The lowest BCUT2D eigenvalue weighted by molar-refractivity contribution is -0.122. The van der Waals surface area contributed by atoms with Crippen molar-refractivity contribution in [2.24, 2.45) is 5.10 Å². The molecule has 2 heterocycles. The summed E-state index contributed by atoms with van der Waals surface area (Å²) in [6.07, 6.45) is 4.14. The molecule has 0 aliphatic carbocycles. The lowest BCUT2D eigenvalue weighted by Gasteiger charge is -2.05. The minimum absolute atomic E-state index is 0.125. The van der Waals surface area contributed by atoms with E-state index in [0.29, 0.717) is 6.04 Å². The molecule has 1 aliphatic rings. The van der Waals surface area contributed by atoms with Gasteiger partial charge < -0.3 is 4.98 Å². The Morgan fingerprint density at radius 2 is 2.50 bits per heavy atom. The maximum atomic E-state index is 11.6. The fourth-order valence-corrected chi connectivity index (χ4v) is 1.55. The minimum Gasteiger partial charge on any atom is -0.360 e. The molecule has 1 aliphatic heterocycles. The third-order valence-corrected chi connectivity index (χ3v) is 2.41. The Kier molecular flexibility index (Phi) is 3.33. The molecule has 1 saturated heterocycles. The van der Waals surface area contributed by atoms with Crippen molar-refractivity contribution in [1.82, 2.24) is 21.3 Å². The molecule has 4 N–H and O–H groups in total. The van der Waals surface area contributed by atoms with Gasteiger partial charge in [0.05, 0.1) is 11.9 Å². The molecule has 86 valence electrons. The summed E-state index contributed by atoms with van der Waals surface area (Å²) in [7, 11) is 0. The molecule has 1 aromatic rings. The molecule has 6 nitrogen and oxygen atoms in total. The van der Waals surface area contributed by atoms with Crippen LogP contribution in [-0.2, 0) is 4.79 Å². The molecule has 1 aromatic heterocycles. The third kappa shape index (κ3) is 2.68. The fourth-order valence-electron chi connectivity index (χ4n) is 1.55. The minimum atomic E-state index is -0.212. The van der Waals surface area contributed by atoms with Crippen molar-refractivity contribution >= 4 is 12.1 Å². The van der Waals surface area contributed by atoms with Gasteiger partial charge in [0.2, 0.25) is 0 Å². The molecule has 1 amide bonds. The van der Waals surface area contributed by atoms with Crippen molar-refractivity contribution < 1.29 is 4.79 Å². The van der Waals surface area contributed by atoms with Crippen LogP contribution in [0.1, 0.15) is 19.0 Å². The summed E-state index contributed by atoms with van der Waals surface area (Å²) in [4.78, 5) is 14.5. The first kappa shape index (κ1) is 10.8. The van der Waals surface area contributed by atoms with E-state index in [4.69, 9.17) is 0 Å². The Bertz CT molecular complexity index is 373. The highest BCUT2D eigenvalue weighted by Crippen LogP contribution is 2.03. The van der Waals surface area contributed by atoms with Crippen molar-refractivity contribution in [2.75, 3.05) is 0 Å². The van der Waals surface area contributed by atoms with Crippen LogP contribution in [0.25, 0.3) is 0 Å². The van der Waals surface area contributed by atoms with Gasteiger partial charge in [0, 0.05) is 12.2 Å². The normalized spacial score (nSPS) is 25.1. The molecule has 2 rings (SSSR count). The van der Waals surface area contributed by atoms with E-state index in [1.807, 2.05) is 19.1 Å². The van der Waals surface area contributed by atoms with E-state index in [1.165, 1.54) is 0 Å². The molecule has 0 aromatic carbocycles. The molecule has 0 bridgehead atoms.